The minimum atomic E-state index is -2.03. The number of ether oxygens (including phenoxy) is 1. The number of β-amino-alcohol motifs (C(OH)–C–C–N with tert-alkyl or cyclic N) is 1. The van der Waals surface area contributed by atoms with E-state index in [2.05, 4.69) is 42.4 Å². The van der Waals surface area contributed by atoms with E-state index in [1.54, 1.807) is 13.3 Å². The molecule has 2 aromatic rings. The maximum Gasteiger partial charge on any atom is 0.231 e. The first kappa shape index (κ1) is 27.0. The van der Waals surface area contributed by atoms with Gasteiger partial charge in [0.1, 0.15) is 10.8 Å². The molecule has 10 nitrogen and oxygen atoms in total. The van der Waals surface area contributed by atoms with Gasteiger partial charge in [0.25, 0.3) is 0 Å². The van der Waals surface area contributed by atoms with Crippen LogP contribution in [0.25, 0.3) is 0 Å². The first-order chi connectivity index (χ1) is 17.5. The number of anilines is 3. The van der Waals surface area contributed by atoms with E-state index >= 15 is 0 Å². The summed E-state index contributed by atoms with van der Waals surface area (Å²) in [6, 6.07) is 4.25. The molecule has 198 valence electrons. The number of hydrogen-bond acceptors (Lipinski definition) is 8. The second kappa shape index (κ2) is 13.0. The smallest absolute Gasteiger partial charge is 0.231 e. The van der Waals surface area contributed by atoms with E-state index in [0.717, 1.165) is 57.3 Å². The Hall–Kier alpha value is -2.02. The van der Waals surface area contributed by atoms with Crippen LogP contribution in [0.3, 0.4) is 0 Å². The summed E-state index contributed by atoms with van der Waals surface area (Å²) in [6.45, 7) is 3.09. The van der Waals surface area contributed by atoms with E-state index in [4.69, 9.17) is 20.9 Å². The highest BCUT2D eigenvalue weighted by Crippen LogP contribution is 2.34. The van der Waals surface area contributed by atoms with Crippen LogP contribution >= 0.6 is 11.6 Å². The molecule has 0 bridgehead atoms. The lowest BCUT2D eigenvalue weighted by molar-refractivity contribution is 0.201. The van der Waals surface area contributed by atoms with Crippen molar-refractivity contribution in [1.82, 2.24) is 19.6 Å². The second-order valence-corrected chi connectivity index (χ2v) is 10.5. The Morgan fingerprint density at radius 2 is 1.97 bits per heavy atom. The molecule has 1 fully saturated rings. The fourth-order valence-electron chi connectivity index (χ4n) is 5.08. The maximum absolute atomic E-state index is 11.1. The Kier molecular flexibility index (Phi) is 9.74. The molecule has 0 radical (unpaired) electrons. The van der Waals surface area contributed by atoms with Crippen LogP contribution in [-0.4, -0.2) is 74.7 Å². The molecule has 1 saturated carbocycles. The Bertz CT molecular complexity index is 1060. The molecular formula is C24H35ClN6O4S. The number of fused-ring (bicyclic) bond motifs is 1. The predicted octanol–water partition coefficient (Wildman–Crippen LogP) is 2.97. The van der Waals surface area contributed by atoms with Crippen molar-refractivity contribution in [1.29, 1.82) is 0 Å². The molecule has 36 heavy (non-hydrogen) atoms. The quantitative estimate of drug-likeness (QED) is 0.290. The van der Waals surface area contributed by atoms with Crippen molar-refractivity contribution in [2.75, 3.05) is 50.5 Å². The van der Waals surface area contributed by atoms with Gasteiger partial charge in [-0.25, -0.2) is 13.9 Å². The molecule has 0 saturated heterocycles. The van der Waals surface area contributed by atoms with E-state index in [1.165, 1.54) is 11.1 Å². The third-order valence-electron chi connectivity index (χ3n) is 7.02. The Labute approximate surface area is 219 Å². The number of hydrogen-bond donors (Lipinski definition) is 5. The van der Waals surface area contributed by atoms with Crippen LogP contribution in [-0.2, 0) is 24.1 Å². The SMILES string of the molecule is COc1cc2c(cc1Nc1ncc(Cl)c(N[C@@H]3CCCC[C@@H]3CNS(=O)O)n1)CCN(CCO)CC2. The van der Waals surface area contributed by atoms with Gasteiger partial charge in [-0.05, 0) is 54.9 Å². The molecule has 12 heteroatoms. The number of methoxy groups -OCH3 is 1. The summed E-state index contributed by atoms with van der Waals surface area (Å²) in [5.74, 6) is 1.84. The molecule has 0 spiro atoms. The number of nitrogens with one attached hydrogen (secondary N) is 3. The molecule has 1 aliphatic heterocycles. The van der Waals surface area contributed by atoms with Crippen LogP contribution in [0, 0.1) is 5.92 Å². The van der Waals surface area contributed by atoms with Crippen LogP contribution in [0.4, 0.5) is 17.5 Å². The molecular weight excluding hydrogens is 504 g/mol. The fraction of sp³-hybridized carbons (Fsp3) is 0.583. The van der Waals surface area contributed by atoms with Gasteiger partial charge >= 0.3 is 0 Å². The summed E-state index contributed by atoms with van der Waals surface area (Å²) in [5, 5.41) is 16.5. The minimum Gasteiger partial charge on any atom is -0.495 e. The topological polar surface area (TPSA) is 132 Å². The number of aromatic nitrogens is 2. The van der Waals surface area contributed by atoms with Gasteiger partial charge in [-0.3, -0.25) is 4.55 Å². The number of aliphatic hydroxyl groups is 1. The summed E-state index contributed by atoms with van der Waals surface area (Å²) >= 11 is 4.40. The van der Waals surface area contributed by atoms with E-state index in [0.29, 0.717) is 35.6 Å². The third kappa shape index (κ3) is 7.05. The van der Waals surface area contributed by atoms with E-state index in [-0.39, 0.29) is 18.6 Å². The normalized spacial score (nSPS) is 21.3. The van der Waals surface area contributed by atoms with Crippen molar-refractivity contribution in [3.8, 4) is 5.75 Å². The van der Waals surface area contributed by atoms with Crippen LogP contribution in [0.15, 0.2) is 18.3 Å². The molecule has 4 rings (SSSR count). The minimum absolute atomic E-state index is 0.0824. The Morgan fingerprint density at radius 3 is 2.69 bits per heavy atom. The summed E-state index contributed by atoms with van der Waals surface area (Å²) in [4.78, 5) is 11.3. The maximum atomic E-state index is 11.1. The van der Waals surface area contributed by atoms with E-state index in [1.807, 2.05) is 0 Å². The van der Waals surface area contributed by atoms with Gasteiger partial charge in [0.2, 0.25) is 17.2 Å². The average molecular weight is 539 g/mol. The molecule has 0 amide bonds. The highest BCUT2D eigenvalue weighted by atomic mass is 35.5. The van der Waals surface area contributed by atoms with Crippen molar-refractivity contribution < 1.29 is 18.6 Å². The number of aliphatic hydroxyl groups excluding tert-OH is 1. The van der Waals surface area contributed by atoms with Gasteiger partial charge in [0.05, 0.1) is 25.6 Å². The fourth-order valence-corrected chi connectivity index (χ4v) is 5.58. The largest absolute Gasteiger partial charge is 0.495 e. The monoisotopic (exact) mass is 538 g/mol. The lowest BCUT2D eigenvalue weighted by Gasteiger charge is -2.32. The van der Waals surface area contributed by atoms with Crippen LogP contribution < -0.4 is 20.1 Å². The molecule has 5 N–H and O–H groups in total. The number of rotatable bonds is 10. The number of nitrogens with zero attached hydrogens (tertiary/aromatic N) is 3. The van der Waals surface area contributed by atoms with Gasteiger partial charge in [-0.15, -0.1) is 0 Å². The zero-order valence-electron chi connectivity index (χ0n) is 20.5. The van der Waals surface area contributed by atoms with Gasteiger partial charge in [0, 0.05) is 32.2 Å². The zero-order chi connectivity index (χ0) is 25.5. The zero-order valence-corrected chi connectivity index (χ0v) is 22.1. The van der Waals surface area contributed by atoms with Crippen molar-refractivity contribution in [3.63, 3.8) is 0 Å². The Morgan fingerprint density at radius 1 is 1.22 bits per heavy atom. The average Bonchev–Trinajstić information content (AvgIpc) is 3.07. The highest BCUT2D eigenvalue weighted by molar-refractivity contribution is 7.77. The predicted molar refractivity (Wildman–Crippen MR) is 142 cm³/mol. The molecule has 2 aliphatic rings. The van der Waals surface area contributed by atoms with Gasteiger partial charge < -0.3 is 25.4 Å². The van der Waals surface area contributed by atoms with Gasteiger partial charge in [0.15, 0.2) is 5.82 Å². The summed E-state index contributed by atoms with van der Waals surface area (Å²) in [5.41, 5.74) is 3.27. The highest BCUT2D eigenvalue weighted by Gasteiger charge is 2.26. The van der Waals surface area contributed by atoms with Crippen LogP contribution in [0.1, 0.15) is 36.8 Å². The van der Waals surface area contributed by atoms with Crippen LogP contribution in [0.2, 0.25) is 5.02 Å². The van der Waals surface area contributed by atoms with Crippen molar-refractivity contribution in [2.24, 2.45) is 5.92 Å². The lowest BCUT2D eigenvalue weighted by atomic mass is 9.84. The lowest BCUT2D eigenvalue weighted by Crippen LogP contribution is -2.39. The third-order valence-corrected chi connectivity index (χ3v) is 7.71. The molecule has 1 aromatic heterocycles. The molecule has 3 atom stereocenters. The molecule has 1 aromatic carbocycles. The van der Waals surface area contributed by atoms with Gasteiger partial charge in [-0.2, -0.15) is 4.98 Å². The van der Waals surface area contributed by atoms with Crippen LogP contribution in [0.5, 0.6) is 5.75 Å². The number of benzene rings is 1. The van der Waals surface area contributed by atoms with Gasteiger partial charge in [-0.1, -0.05) is 24.4 Å². The molecule has 1 unspecified atom stereocenters. The summed E-state index contributed by atoms with van der Waals surface area (Å²) < 4.78 is 28.5. The summed E-state index contributed by atoms with van der Waals surface area (Å²) in [7, 11) is 1.65. The van der Waals surface area contributed by atoms with Crippen molar-refractivity contribution in [2.45, 2.75) is 44.6 Å². The standard InChI is InChI=1S/C24H35ClN6O4S/c1-35-22-13-17-7-9-31(10-11-32)8-6-16(17)12-21(22)29-24-26-15-19(25)23(30-24)28-20-5-3-2-4-18(20)14-27-36(33)34/h12-13,15,18,20,27,32H,2-11,14H2,1H3,(H,33,34)(H2,26,28,29,30)/t18-,20-/m1/s1. The molecule has 1 aliphatic carbocycles. The summed E-state index contributed by atoms with van der Waals surface area (Å²) in [6.07, 6.45) is 7.41. The first-order valence-electron chi connectivity index (χ1n) is 12.4. The first-order valence-corrected chi connectivity index (χ1v) is 13.9. The Balaban J connectivity index is 1.51. The van der Waals surface area contributed by atoms with Crippen molar-refractivity contribution in [3.05, 3.63) is 34.5 Å². The molecule has 2 heterocycles. The van der Waals surface area contributed by atoms with E-state index < -0.39 is 11.3 Å². The van der Waals surface area contributed by atoms with Crippen molar-refractivity contribution >= 4 is 40.3 Å². The van der Waals surface area contributed by atoms with E-state index in [9.17, 15) is 9.32 Å². The second-order valence-electron chi connectivity index (χ2n) is 9.29. The number of halogens is 1.